The van der Waals surface area contributed by atoms with E-state index in [9.17, 15) is 9.59 Å². The standard InChI is InChI=1S/C27H30N4O2/c1-27(26(33)28-18-21-12-6-3-7-13-21)19-30-23-15-9-8-14-22(23)29-24(30)25(32)31(27)17-16-20-10-4-2-5-11-20/h3,6-10,12-15H,2,4-5,11,16-19H2,1H3,(H,28,33)/t27-/m0/s1. The van der Waals surface area contributed by atoms with E-state index in [0.29, 0.717) is 25.5 Å². The molecule has 2 amide bonds. The third kappa shape index (κ3) is 4.06. The van der Waals surface area contributed by atoms with Crippen LogP contribution in [0.25, 0.3) is 11.0 Å². The van der Waals surface area contributed by atoms with Gasteiger partial charge in [0.15, 0.2) is 5.82 Å². The quantitative estimate of drug-likeness (QED) is 0.573. The number of fused-ring (bicyclic) bond motifs is 3. The number of carbonyl (C=O) groups excluding carboxylic acids is 2. The third-order valence-electron chi connectivity index (χ3n) is 6.98. The first kappa shape index (κ1) is 21.4. The Morgan fingerprint density at radius 3 is 2.67 bits per heavy atom. The van der Waals surface area contributed by atoms with Crippen LogP contribution in [0.15, 0.2) is 66.2 Å². The van der Waals surface area contributed by atoms with E-state index in [2.05, 4.69) is 16.4 Å². The third-order valence-corrected chi connectivity index (χ3v) is 6.98. The van der Waals surface area contributed by atoms with Crippen LogP contribution in [0.1, 0.15) is 55.2 Å². The van der Waals surface area contributed by atoms with Gasteiger partial charge in [0.25, 0.3) is 5.91 Å². The SMILES string of the molecule is C[C@@]1(C(=O)NCc2ccccc2)Cn2c(nc3ccccc32)C(=O)N1CCC1=CCCCC1. The van der Waals surface area contributed by atoms with Crippen LogP contribution in [0, 0.1) is 0 Å². The molecule has 1 N–H and O–H groups in total. The van der Waals surface area contributed by atoms with Gasteiger partial charge in [0.05, 0.1) is 17.6 Å². The van der Waals surface area contributed by atoms with Crippen molar-refractivity contribution in [3.05, 3.63) is 77.6 Å². The van der Waals surface area contributed by atoms with E-state index in [4.69, 9.17) is 0 Å². The number of carbonyl (C=O) groups is 2. The van der Waals surface area contributed by atoms with E-state index >= 15 is 0 Å². The van der Waals surface area contributed by atoms with Gasteiger partial charge in [-0.1, -0.05) is 54.1 Å². The predicted octanol–water partition coefficient (Wildman–Crippen LogP) is 4.46. The molecule has 0 fully saturated rings. The molecule has 1 atom stereocenters. The lowest BCUT2D eigenvalue weighted by atomic mass is 9.92. The number of amides is 2. The Morgan fingerprint density at radius 2 is 1.88 bits per heavy atom. The fourth-order valence-corrected chi connectivity index (χ4v) is 5.04. The average molecular weight is 443 g/mol. The van der Waals surface area contributed by atoms with Gasteiger partial charge in [-0.05, 0) is 56.7 Å². The van der Waals surface area contributed by atoms with Crippen LogP contribution in [0.5, 0.6) is 0 Å². The van der Waals surface area contributed by atoms with Crippen LogP contribution < -0.4 is 5.32 Å². The van der Waals surface area contributed by atoms with Crippen LogP contribution in [0.3, 0.4) is 0 Å². The molecule has 0 saturated heterocycles. The van der Waals surface area contributed by atoms with Crippen molar-refractivity contribution in [2.75, 3.05) is 6.54 Å². The van der Waals surface area contributed by atoms with Gasteiger partial charge < -0.3 is 14.8 Å². The lowest BCUT2D eigenvalue weighted by Crippen LogP contribution is -2.64. The molecule has 6 heteroatoms. The largest absolute Gasteiger partial charge is 0.350 e. The molecular weight excluding hydrogens is 412 g/mol. The Labute approximate surface area is 194 Å². The molecule has 0 unspecified atom stereocenters. The lowest BCUT2D eigenvalue weighted by molar-refractivity contribution is -0.133. The van der Waals surface area contributed by atoms with Crippen molar-refractivity contribution in [1.82, 2.24) is 19.8 Å². The number of para-hydroxylation sites is 2. The van der Waals surface area contributed by atoms with Gasteiger partial charge in [-0.15, -0.1) is 0 Å². The van der Waals surface area contributed by atoms with Crippen molar-refractivity contribution < 1.29 is 9.59 Å². The minimum atomic E-state index is -1.00. The van der Waals surface area contributed by atoms with Crippen molar-refractivity contribution in [2.45, 2.75) is 57.7 Å². The van der Waals surface area contributed by atoms with E-state index in [1.54, 1.807) is 4.90 Å². The lowest BCUT2D eigenvalue weighted by Gasteiger charge is -2.43. The molecule has 0 bridgehead atoms. The highest BCUT2D eigenvalue weighted by molar-refractivity contribution is 6.01. The first-order chi connectivity index (χ1) is 16.1. The summed E-state index contributed by atoms with van der Waals surface area (Å²) in [5, 5.41) is 3.09. The highest BCUT2D eigenvalue weighted by Crippen LogP contribution is 2.32. The average Bonchev–Trinajstić information content (AvgIpc) is 3.22. The number of nitrogens with zero attached hydrogens (tertiary/aromatic N) is 3. The summed E-state index contributed by atoms with van der Waals surface area (Å²) in [6, 6.07) is 17.6. The minimum Gasteiger partial charge on any atom is -0.350 e. The Hall–Kier alpha value is -3.41. The summed E-state index contributed by atoms with van der Waals surface area (Å²) < 4.78 is 1.91. The summed E-state index contributed by atoms with van der Waals surface area (Å²) >= 11 is 0. The maximum absolute atomic E-state index is 13.7. The number of hydrogen-bond acceptors (Lipinski definition) is 3. The first-order valence-electron chi connectivity index (χ1n) is 11.8. The van der Waals surface area contributed by atoms with Crippen molar-refractivity contribution in [3.8, 4) is 0 Å². The molecule has 2 heterocycles. The summed E-state index contributed by atoms with van der Waals surface area (Å²) in [6.07, 6.45) is 7.72. The number of hydrogen-bond donors (Lipinski definition) is 1. The van der Waals surface area contributed by atoms with Crippen LogP contribution >= 0.6 is 0 Å². The highest BCUT2D eigenvalue weighted by atomic mass is 16.2. The molecule has 5 rings (SSSR count). The molecule has 33 heavy (non-hydrogen) atoms. The van der Waals surface area contributed by atoms with Crippen molar-refractivity contribution >= 4 is 22.8 Å². The van der Waals surface area contributed by atoms with E-state index in [0.717, 1.165) is 35.9 Å². The predicted molar refractivity (Wildman–Crippen MR) is 129 cm³/mol. The number of imidazole rings is 1. The molecule has 170 valence electrons. The zero-order chi connectivity index (χ0) is 22.8. The van der Waals surface area contributed by atoms with Crippen LogP contribution in [0.4, 0.5) is 0 Å². The minimum absolute atomic E-state index is 0.138. The van der Waals surface area contributed by atoms with Gasteiger partial charge in [0, 0.05) is 13.1 Å². The van der Waals surface area contributed by atoms with Gasteiger partial charge >= 0.3 is 0 Å². The number of allylic oxidation sites excluding steroid dienone is 1. The second-order valence-electron chi connectivity index (χ2n) is 9.27. The second kappa shape index (κ2) is 8.85. The summed E-state index contributed by atoms with van der Waals surface area (Å²) in [6.45, 7) is 3.22. The van der Waals surface area contributed by atoms with E-state index in [1.165, 1.54) is 18.4 Å². The van der Waals surface area contributed by atoms with Crippen LogP contribution in [-0.4, -0.2) is 38.3 Å². The van der Waals surface area contributed by atoms with Crippen LogP contribution in [0.2, 0.25) is 0 Å². The Morgan fingerprint density at radius 1 is 1.09 bits per heavy atom. The van der Waals surface area contributed by atoms with Gasteiger partial charge in [-0.25, -0.2) is 4.98 Å². The molecule has 0 saturated carbocycles. The molecule has 1 aliphatic carbocycles. The van der Waals surface area contributed by atoms with Crippen molar-refractivity contribution in [1.29, 1.82) is 0 Å². The second-order valence-corrected chi connectivity index (χ2v) is 9.27. The van der Waals surface area contributed by atoms with Gasteiger partial charge in [0.2, 0.25) is 5.91 Å². The smallest absolute Gasteiger partial charge is 0.290 e. The highest BCUT2D eigenvalue weighted by Gasteiger charge is 2.48. The maximum atomic E-state index is 13.7. The van der Waals surface area contributed by atoms with Crippen molar-refractivity contribution in [2.24, 2.45) is 0 Å². The summed E-state index contributed by atoms with van der Waals surface area (Å²) in [7, 11) is 0. The van der Waals surface area contributed by atoms with Gasteiger partial charge in [0.1, 0.15) is 5.54 Å². The number of nitrogens with one attached hydrogen (secondary N) is 1. The van der Waals surface area contributed by atoms with E-state index in [-0.39, 0.29) is 11.8 Å². The maximum Gasteiger partial charge on any atom is 0.290 e. The van der Waals surface area contributed by atoms with Gasteiger partial charge in [-0.3, -0.25) is 9.59 Å². The molecular formula is C27H30N4O2. The van der Waals surface area contributed by atoms with Gasteiger partial charge in [-0.2, -0.15) is 0 Å². The Balaban J connectivity index is 1.46. The molecule has 1 aliphatic heterocycles. The normalized spacial score (nSPS) is 20.5. The number of rotatable bonds is 6. The zero-order valence-corrected chi connectivity index (χ0v) is 19.1. The molecule has 6 nitrogen and oxygen atoms in total. The van der Waals surface area contributed by atoms with E-state index in [1.807, 2.05) is 66.1 Å². The molecule has 0 radical (unpaired) electrons. The topological polar surface area (TPSA) is 67.2 Å². The number of aromatic nitrogens is 2. The number of benzene rings is 2. The summed E-state index contributed by atoms with van der Waals surface area (Å²) in [5.41, 5.74) is 3.09. The molecule has 1 aromatic heterocycles. The van der Waals surface area contributed by atoms with E-state index < -0.39 is 5.54 Å². The summed E-state index contributed by atoms with van der Waals surface area (Å²) in [5.74, 6) is 0.106. The zero-order valence-electron chi connectivity index (χ0n) is 19.1. The fraction of sp³-hybridized carbons (Fsp3) is 0.370. The molecule has 0 spiro atoms. The first-order valence-corrected chi connectivity index (χ1v) is 11.8. The fourth-order valence-electron chi connectivity index (χ4n) is 5.04. The van der Waals surface area contributed by atoms with Crippen molar-refractivity contribution in [3.63, 3.8) is 0 Å². The van der Waals surface area contributed by atoms with Crippen LogP contribution in [-0.2, 0) is 17.9 Å². The molecule has 3 aromatic rings. The Kier molecular flexibility index (Phi) is 5.75. The molecule has 2 aliphatic rings. The Bertz CT molecular complexity index is 1210. The monoisotopic (exact) mass is 442 g/mol. The molecule has 2 aromatic carbocycles. The summed E-state index contributed by atoms with van der Waals surface area (Å²) in [4.78, 5) is 33.7.